The first-order valence-corrected chi connectivity index (χ1v) is 6.06. The van der Waals surface area contributed by atoms with Crippen LogP contribution in [0.1, 0.15) is 21.3 Å². The van der Waals surface area contributed by atoms with Gasteiger partial charge in [-0.1, -0.05) is 12.1 Å². The number of imidazole rings is 1. The maximum absolute atomic E-state index is 10.5. The van der Waals surface area contributed by atoms with Crippen LogP contribution in [0.4, 0.5) is 0 Å². The molecule has 2 heterocycles. The maximum atomic E-state index is 10.5. The van der Waals surface area contributed by atoms with E-state index in [1.54, 1.807) is 5.38 Å². The van der Waals surface area contributed by atoms with Gasteiger partial charge < -0.3 is 4.98 Å². The second-order valence-corrected chi connectivity index (χ2v) is 4.60. The minimum atomic E-state index is 0.487. The average Bonchev–Trinajstić information content (AvgIpc) is 2.94. The third-order valence-electron chi connectivity index (χ3n) is 2.45. The van der Waals surface area contributed by atoms with E-state index in [1.807, 2.05) is 24.3 Å². The molecular weight excluding hydrogens is 234 g/mol. The summed E-state index contributed by atoms with van der Waals surface area (Å²) in [6.45, 7) is 0. The van der Waals surface area contributed by atoms with Crippen molar-refractivity contribution in [2.75, 3.05) is 0 Å². The lowest BCUT2D eigenvalue weighted by Crippen LogP contribution is -1.90. The molecule has 0 amide bonds. The molecule has 3 rings (SSSR count). The van der Waals surface area contributed by atoms with Crippen molar-refractivity contribution in [1.29, 1.82) is 0 Å². The molecule has 1 N–H and O–H groups in total. The number of hydrogen-bond donors (Lipinski definition) is 1. The molecule has 0 fully saturated rings. The van der Waals surface area contributed by atoms with Crippen LogP contribution < -0.4 is 0 Å². The van der Waals surface area contributed by atoms with Gasteiger partial charge in [0.05, 0.1) is 17.5 Å². The summed E-state index contributed by atoms with van der Waals surface area (Å²) in [6, 6.07) is 7.89. The number of aromatic nitrogens is 3. The molecule has 0 bridgehead atoms. The Balaban J connectivity index is 1.91. The normalized spacial score (nSPS) is 10.8. The van der Waals surface area contributed by atoms with Crippen molar-refractivity contribution in [2.24, 2.45) is 0 Å². The van der Waals surface area contributed by atoms with E-state index < -0.39 is 0 Å². The fraction of sp³-hybridized carbons (Fsp3) is 0.0833. The minimum absolute atomic E-state index is 0.487. The zero-order valence-corrected chi connectivity index (χ0v) is 9.70. The fourth-order valence-corrected chi connectivity index (χ4v) is 2.44. The molecule has 0 aliphatic heterocycles. The first kappa shape index (κ1) is 10.2. The van der Waals surface area contributed by atoms with Crippen LogP contribution in [-0.4, -0.2) is 21.2 Å². The molecule has 84 valence electrons. The number of carbonyl (C=O) groups excluding carboxylic acids is 1. The number of para-hydroxylation sites is 2. The summed E-state index contributed by atoms with van der Waals surface area (Å²) in [5.74, 6) is 0.873. The highest BCUT2D eigenvalue weighted by atomic mass is 32.1. The molecule has 1 aromatic carbocycles. The Morgan fingerprint density at radius 1 is 1.29 bits per heavy atom. The molecule has 0 spiro atoms. The summed E-state index contributed by atoms with van der Waals surface area (Å²) in [4.78, 5) is 22.4. The van der Waals surface area contributed by atoms with Gasteiger partial charge in [-0.3, -0.25) is 4.79 Å². The van der Waals surface area contributed by atoms with Gasteiger partial charge in [-0.25, -0.2) is 9.97 Å². The lowest BCUT2D eigenvalue weighted by atomic mass is 10.3. The largest absolute Gasteiger partial charge is 0.342 e. The number of fused-ring (bicyclic) bond motifs is 1. The van der Waals surface area contributed by atoms with Crippen LogP contribution in [0, 0.1) is 0 Å². The highest BCUT2D eigenvalue weighted by molar-refractivity contribution is 7.09. The summed E-state index contributed by atoms with van der Waals surface area (Å²) in [6.07, 6.45) is 1.39. The molecule has 0 radical (unpaired) electrons. The monoisotopic (exact) mass is 243 g/mol. The SMILES string of the molecule is O=Cc1csc(Cc2nc3ccccc3[nH]2)n1. The van der Waals surface area contributed by atoms with Gasteiger partial charge in [-0.2, -0.15) is 0 Å². The maximum Gasteiger partial charge on any atom is 0.169 e. The van der Waals surface area contributed by atoms with Crippen LogP contribution in [-0.2, 0) is 6.42 Å². The van der Waals surface area contributed by atoms with E-state index in [4.69, 9.17) is 0 Å². The van der Waals surface area contributed by atoms with Gasteiger partial charge in [-0.15, -0.1) is 11.3 Å². The van der Waals surface area contributed by atoms with Crippen molar-refractivity contribution < 1.29 is 4.79 Å². The van der Waals surface area contributed by atoms with Gasteiger partial charge in [0, 0.05) is 5.38 Å². The summed E-state index contributed by atoms with van der Waals surface area (Å²) in [5, 5.41) is 2.65. The lowest BCUT2D eigenvalue weighted by Gasteiger charge is -1.89. The molecule has 17 heavy (non-hydrogen) atoms. The Labute approximate surface area is 101 Å². The summed E-state index contributed by atoms with van der Waals surface area (Å²) < 4.78 is 0. The van der Waals surface area contributed by atoms with Crippen LogP contribution in [0.5, 0.6) is 0 Å². The molecule has 0 unspecified atom stereocenters. The molecule has 5 heteroatoms. The molecule has 0 aliphatic carbocycles. The van der Waals surface area contributed by atoms with Crippen LogP contribution in [0.25, 0.3) is 11.0 Å². The molecular formula is C12H9N3OS. The van der Waals surface area contributed by atoms with Crippen LogP contribution in [0.15, 0.2) is 29.6 Å². The number of nitrogens with zero attached hydrogens (tertiary/aromatic N) is 2. The second kappa shape index (κ2) is 4.10. The van der Waals surface area contributed by atoms with Crippen molar-refractivity contribution in [1.82, 2.24) is 15.0 Å². The third kappa shape index (κ3) is 1.97. The molecule has 0 saturated carbocycles. The number of nitrogens with one attached hydrogen (secondary N) is 1. The highest BCUT2D eigenvalue weighted by Gasteiger charge is 2.06. The van der Waals surface area contributed by atoms with Gasteiger partial charge in [0.1, 0.15) is 16.5 Å². The first-order valence-electron chi connectivity index (χ1n) is 5.18. The van der Waals surface area contributed by atoms with Gasteiger partial charge in [0.15, 0.2) is 6.29 Å². The third-order valence-corrected chi connectivity index (χ3v) is 3.31. The van der Waals surface area contributed by atoms with E-state index in [2.05, 4.69) is 15.0 Å². The highest BCUT2D eigenvalue weighted by Crippen LogP contribution is 2.15. The summed E-state index contributed by atoms with van der Waals surface area (Å²) in [5.41, 5.74) is 2.46. The quantitative estimate of drug-likeness (QED) is 0.719. The number of aldehydes is 1. The lowest BCUT2D eigenvalue weighted by molar-refractivity contribution is 0.111. The van der Waals surface area contributed by atoms with E-state index in [-0.39, 0.29) is 0 Å². The summed E-state index contributed by atoms with van der Waals surface area (Å²) in [7, 11) is 0. The fourth-order valence-electron chi connectivity index (χ4n) is 1.69. The second-order valence-electron chi connectivity index (χ2n) is 3.66. The Morgan fingerprint density at radius 2 is 2.18 bits per heavy atom. The number of rotatable bonds is 3. The Hall–Kier alpha value is -2.01. The van der Waals surface area contributed by atoms with Crippen molar-refractivity contribution in [3.05, 3.63) is 46.2 Å². The smallest absolute Gasteiger partial charge is 0.169 e. The Kier molecular flexibility index (Phi) is 2.45. The number of H-pyrrole nitrogens is 1. The predicted molar refractivity (Wildman–Crippen MR) is 66.4 cm³/mol. The molecule has 0 aliphatic rings. The van der Waals surface area contributed by atoms with Gasteiger partial charge >= 0.3 is 0 Å². The number of carbonyl (C=O) groups is 1. The number of hydrogen-bond acceptors (Lipinski definition) is 4. The van der Waals surface area contributed by atoms with E-state index >= 15 is 0 Å². The van der Waals surface area contributed by atoms with Crippen molar-refractivity contribution in [2.45, 2.75) is 6.42 Å². The predicted octanol–water partition coefficient (Wildman–Crippen LogP) is 2.42. The zero-order chi connectivity index (χ0) is 11.7. The number of aromatic amines is 1. The number of thiazole rings is 1. The Bertz CT molecular complexity index is 638. The van der Waals surface area contributed by atoms with Crippen LogP contribution in [0.3, 0.4) is 0 Å². The van der Waals surface area contributed by atoms with Crippen LogP contribution in [0.2, 0.25) is 0 Å². The van der Waals surface area contributed by atoms with E-state index in [0.29, 0.717) is 12.1 Å². The van der Waals surface area contributed by atoms with Crippen molar-refractivity contribution in [3.8, 4) is 0 Å². The molecule has 3 aromatic rings. The van der Waals surface area contributed by atoms with E-state index in [1.165, 1.54) is 11.3 Å². The van der Waals surface area contributed by atoms with Crippen LogP contribution >= 0.6 is 11.3 Å². The summed E-state index contributed by atoms with van der Waals surface area (Å²) >= 11 is 1.48. The minimum Gasteiger partial charge on any atom is -0.342 e. The molecule has 0 atom stereocenters. The topological polar surface area (TPSA) is 58.6 Å². The van der Waals surface area contributed by atoms with Gasteiger partial charge in [-0.05, 0) is 12.1 Å². The molecule has 2 aromatic heterocycles. The average molecular weight is 243 g/mol. The van der Waals surface area contributed by atoms with Gasteiger partial charge in [0.25, 0.3) is 0 Å². The van der Waals surface area contributed by atoms with E-state index in [0.717, 1.165) is 28.2 Å². The Morgan fingerprint density at radius 3 is 2.94 bits per heavy atom. The van der Waals surface area contributed by atoms with Crippen molar-refractivity contribution in [3.63, 3.8) is 0 Å². The molecule has 0 saturated heterocycles. The zero-order valence-electron chi connectivity index (χ0n) is 8.88. The van der Waals surface area contributed by atoms with Crippen molar-refractivity contribution >= 4 is 28.7 Å². The first-order chi connectivity index (χ1) is 8.35. The molecule has 4 nitrogen and oxygen atoms in total. The van der Waals surface area contributed by atoms with E-state index in [9.17, 15) is 4.79 Å². The standard InChI is InChI=1S/C12H9N3OS/c16-6-8-7-17-12(13-8)5-11-14-9-3-1-2-4-10(9)15-11/h1-4,6-7H,5H2,(H,14,15). The van der Waals surface area contributed by atoms with Gasteiger partial charge in [0.2, 0.25) is 0 Å². The number of benzene rings is 1.